The zero-order valence-corrected chi connectivity index (χ0v) is 16.9. The van der Waals surface area contributed by atoms with Gasteiger partial charge in [-0.15, -0.1) is 0 Å². The average Bonchev–Trinajstić information content (AvgIpc) is 2.77. The van der Waals surface area contributed by atoms with Crippen molar-refractivity contribution in [3.8, 4) is 16.9 Å². The minimum Gasteiger partial charge on any atom is -0.507 e. The average molecular weight is 396 g/mol. The molecule has 0 fully saturated rings. The predicted octanol–water partition coefficient (Wildman–Crippen LogP) is 5.86. The third-order valence-electron chi connectivity index (χ3n) is 5.33. The molecule has 4 heteroatoms. The number of phenolic OH excluding ortho intramolecular Hbond substituents is 1. The monoisotopic (exact) mass is 396 g/mol. The molecule has 4 nitrogen and oxygen atoms in total. The molecule has 0 saturated heterocycles. The highest BCUT2D eigenvalue weighted by Gasteiger charge is 2.23. The number of nitrogen functional groups attached to an aromatic ring is 1. The molecule has 1 aliphatic rings. The number of unbranched alkanes of at least 4 members (excludes halogenated alkanes) is 1. The van der Waals surface area contributed by atoms with Crippen molar-refractivity contribution in [2.24, 2.45) is 4.99 Å². The van der Waals surface area contributed by atoms with Gasteiger partial charge < -0.3 is 10.8 Å². The normalized spacial score (nSPS) is 14.2. The van der Waals surface area contributed by atoms with Crippen molar-refractivity contribution >= 4 is 22.9 Å². The van der Waals surface area contributed by atoms with Gasteiger partial charge >= 0.3 is 0 Å². The van der Waals surface area contributed by atoms with Crippen LogP contribution in [-0.2, 0) is 6.42 Å². The number of aliphatic imine (C=N–C) groups is 1. The number of rotatable bonds is 5. The van der Waals surface area contributed by atoms with Crippen molar-refractivity contribution in [3.05, 3.63) is 89.5 Å². The van der Waals surface area contributed by atoms with Crippen LogP contribution in [0.3, 0.4) is 0 Å². The Morgan fingerprint density at radius 3 is 2.20 bits per heavy atom. The minimum absolute atomic E-state index is 0.00423. The summed E-state index contributed by atoms with van der Waals surface area (Å²) in [6, 6.07) is 19.6. The van der Waals surface area contributed by atoms with Crippen molar-refractivity contribution in [1.82, 2.24) is 0 Å². The standard InChI is InChI=1S/C26H24N2O2/c1-2-3-4-17-5-7-18(8-6-17)19-9-11-20(12-10-19)28-22-14-16-23(29)25-21(27)13-15-24(30)26(22)25/h5-16,30H,2-4,27H2,1H3. The molecular formula is C26H24N2O2. The number of carbonyl (C=O) groups is 1. The minimum atomic E-state index is -0.227. The maximum absolute atomic E-state index is 12.2. The van der Waals surface area contributed by atoms with Gasteiger partial charge in [-0.05, 0) is 65.9 Å². The first-order chi connectivity index (χ1) is 14.6. The SMILES string of the molecule is CCCCc1ccc(-c2ccc(N=C3C=CC(=O)c4c(N)ccc(O)c43)cc2)cc1. The summed E-state index contributed by atoms with van der Waals surface area (Å²) in [5, 5.41) is 10.3. The summed E-state index contributed by atoms with van der Waals surface area (Å²) in [4.78, 5) is 16.8. The third-order valence-corrected chi connectivity index (χ3v) is 5.33. The van der Waals surface area contributed by atoms with Crippen LogP contribution in [0.4, 0.5) is 11.4 Å². The Labute approximate surface area is 176 Å². The van der Waals surface area contributed by atoms with Gasteiger partial charge in [0.05, 0.1) is 22.5 Å². The molecule has 0 heterocycles. The fraction of sp³-hybridized carbons (Fsp3) is 0.154. The molecule has 150 valence electrons. The van der Waals surface area contributed by atoms with Crippen LogP contribution in [0.15, 0.2) is 77.8 Å². The smallest absolute Gasteiger partial charge is 0.188 e. The van der Waals surface area contributed by atoms with Crippen molar-refractivity contribution in [3.63, 3.8) is 0 Å². The van der Waals surface area contributed by atoms with Crippen molar-refractivity contribution in [2.45, 2.75) is 26.2 Å². The molecule has 0 spiro atoms. The molecule has 4 rings (SSSR count). The highest BCUT2D eigenvalue weighted by atomic mass is 16.3. The number of aryl methyl sites for hydroxylation is 1. The highest BCUT2D eigenvalue weighted by Crippen LogP contribution is 2.32. The second-order valence-electron chi connectivity index (χ2n) is 7.47. The van der Waals surface area contributed by atoms with E-state index in [1.54, 1.807) is 6.08 Å². The van der Waals surface area contributed by atoms with Crippen LogP contribution >= 0.6 is 0 Å². The molecular weight excluding hydrogens is 372 g/mol. The number of ketones is 1. The molecule has 3 N–H and O–H groups in total. The second kappa shape index (κ2) is 8.37. The number of carbonyl (C=O) groups excluding carboxylic acids is 1. The lowest BCUT2D eigenvalue weighted by Crippen LogP contribution is -2.15. The summed E-state index contributed by atoms with van der Waals surface area (Å²) < 4.78 is 0. The number of hydrogen-bond acceptors (Lipinski definition) is 4. The number of anilines is 1. The largest absolute Gasteiger partial charge is 0.507 e. The Balaban J connectivity index is 1.61. The van der Waals surface area contributed by atoms with E-state index in [9.17, 15) is 9.90 Å². The zero-order valence-electron chi connectivity index (χ0n) is 16.9. The molecule has 30 heavy (non-hydrogen) atoms. The van der Waals surface area contributed by atoms with E-state index in [0.29, 0.717) is 22.5 Å². The fourth-order valence-corrected chi connectivity index (χ4v) is 3.66. The van der Waals surface area contributed by atoms with E-state index in [1.807, 2.05) is 24.3 Å². The molecule has 1 aliphatic carbocycles. The molecule has 0 aliphatic heterocycles. The Bertz CT molecular complexity index is 1140. The Kier molecular flexibility index (Phi) is 5.48. The van der Waals surface area contributed by atoms with E-state index in [4.69, 9.17) is 5.73 Å². The van der Waals surface area contributed by atoms with Gasteiger partial charge in [0.15, 0.2) is 5.78 Å². The number of benzene rings is 3. The van der Waals surface area contributed by atoms with E-state index < -0.39 is 0 Å². The number of hydrogen-bond donors (Lipinski definition) is 2. The first kappa shape index (κ1) is 19.6. The molecule has 0 radical (unpaired) electrons. The van der Waals surface area contributed by atoms with Gasteiger partial charge in [-0.1, -0.05) is 49.7 Å². The Morgan fingerprint density at radius 1 is 0.867 bits per heavy atom. The number of allylic oxidation sites excluding steroid dienone is 2. The molecule has 0 saturated carbocycles. The van der Waals surface area contributed by atoms with Crippen LogP contribution in [0, 0.1) is 0 Å². The highest BCUT2D eigenvalue weighted by molar-refractivity contribution is 6.27. The van der Waals surface area contributed by atoms with Gasteiger partial charge in [0, 0.05) is 5.69 Å². The molecule has 0 unspecified atom stereocenters. The van der Waals surface area contributed by atoms with Crippen LogP contribution in [0.2, 0.25) is 0 Å². The first-order valence-corrected chi connectivity index (χ1v) is 10.2. The summed E-state index contributed by atoms with van der Waals surface area (Å²) in [6.45, 7) is 2.20. The molecule has 0 bridgehead atoms. The fourth-order valence-electron chi connectivity index (χ4n) is 3.66. The van der Waals surface area contributed by atoms with E-state index in [1.165, 1.54) is 36.6 Å². The summed E-state index contributed by atoms with van der Waals surface area (Å²) >= 11 is 0. The lowest BCUT2D eigenvalue weighted by Gasteiger charge is -2.16. The zero-order chi connectivity index (χ0) is 21.1. The van der Waals surface area contributed by atoms with Crippen LogP contribution in [0.1, 0.15) is 41.3 Å². The van der Waals surface area contributed by atoms with Crippen LogP contribution in [-0.4, -0.2) is 16.6 Å². The topological polar surface area (TPSA) is 75.7 Å². The van der Waals surface area contributed by atoms with E-state index in [2.05, 4.69) is 36.2 Å². The Morgan fingerprint density at radius 2 is 1.53 bits per heavy atom. The first-order valence-electron chi connectivity index (χ1n) is 10.2. The van der Waals surface area contributed by atoms with Gasteiger partial charge in [-0.2, -0.15) is 0 Å². The maximum atomic E-state index is 12.2. The number of fused-ring (bicyclic) bond motifs is 1. The number of aromatic hydroxyl groups is 1. The number of phenols is 1. The summed E-state index contributed by atoms with van der Waals surface area (Å²) in [7, 11) is 0. The Hall–Kier alpha value is -3.66. The summed E-state index contributed by atoms with van der Waals surface area (Å²) in [5.41, 5.74) is 11.9. The van der Waals surface area contributed by atoms with Gasteiger partial charge in [0.25, 0.3) is 0 Å². The van der Waals surface area contributed by atoms with Crippen molar-refractivity contribution in [1.29, 1.82) is 0 Å². The van der Waals surface area contributed by atoms with Gasteiger partial charge in [-0.25, -0.2) is 4.99 Å². The molecule has 3 aromatic rings. The van der Waals surface area contributed by atoms with Crippen molar-refractivity contribution < 1.29 is 9.90 Å². The van der Waals surface area contributed by atoms with Gasteiger partial charge in [-0.3, -0.25) is 4.79 Å². The summed E-state index contributed by atoms with van der Waals surface area (Å²) in [6.07, 6.45) is 6.57. The maximum Gasteiger partial charge on any atom is 0.188 e. The van der Waals surface area contributed by atoms with Gasteiger partial charge in [0.1, 0.15) is 5.75 Å². The van der Waals surface area contributed by atoms with Crippen LogP contribution in [0.25, 0.3) is 11.1 Å². The molecule has 3 aromatic carbocycles. The quantitative estimate of drug-likeness (QED) is 0.419. The van der Waals surface area contributed by atoms with Crippen LogP contribution < -0.4 is 5.73 Å². The molecule has 0 amide bonds. The number of nitrogens with two attached hydrogens (primary N) is 1. The summed E-state index contributed by atoms with van der Waals surface area (Å²) in [5.74, 6) is -0.231. The van der Waals surface area contributed by atoms with E-state index >= 15 is 0 Å². The van der Waals surface area contributed by atoms with Crippen LogP contribution in [0.5, 0.6) is 5.75 Å². The van der Waals surface area contributed by atoms with Gasteiger partial charge in [0.2, 0.25) is 0 Å². The predicted molar refractivity (Wildman–Crippen MR) is 123 cm³/mol. The second-order valence-corrected chi connectivity index (χ2v) is 7.47. The molecule has 0 aromatic heterocycles. The van der Waals surface area contributed by atoms with E-state index in [-0.39, 0.29) is 11.5 Å². The molecule has 0 atom stereocenters. The number of nitrogens with zero attached hydrogens (tertiary/aromatic N) is 1. The third kappa shape index (κ3) is 3.90. The lowest BCUT2D eigenvalue weighted by atomic mass is 9.92. The lowest BCUT2D eigenvalue weighted by molar-refractivity contribution is 0.104. The van der Waals surface area contributed by atoms with E-state index in [0.717, 1.165) is 23.2 Å². The van der Waals surface area contributed by atoms with Crippen molar-refractivity contribution in [2.75, 3.05) is 5.73 Å².